The molecule has 0 bridgehead atoms. The van der Waals surface area contributed by atoms with Gasteiger partial charge >= 0.3 is 24.1 Å². The molecule has 1 aliphatic heterocycles. The summed E-state index contributed by atoms with van der Waals surface area (Å²) in [5.74, 6) is -4.03. The van der Waals surface area contributed by atoms with Gasteiger partial charge in [0.2, 0.25) is 23.6 Å². The molecule has 1 saturated heterocycles. The molecule has 482 valence electrons. The molecule has 1 fully saturated rings. The van der Waals surface area contributed by atoms with Crippen molar-refractivity contribution in [2.24, 2.45) is 34.6 Å². The van der Waals surface area contributed by atoms with Gasteiger partial charge < -0.3 is 57.5 Å². The molecule has 1 aliphatic rings. The number of esters is 1. The first-order valence-corrected chi connectivity index (χ1v) is 31.4. The van der Waals surface area contributed by atoms with Gasteiger partial charge in [-0.2, -0.15) is 0 Å². The van der Waals surface area contributed by atoms with E-state index in [4.69, 9.17) is 25.9 Å². The zero-order chi connectivity index (χ0) is 64.8. The average Bonchev–Trinajstić information content (AvgIpc) is 2.56. The van der Waals surface area contributed by atoms with E-state index < -0.39 is 89.1 Å². The number of aliphatic carboxylic acids is 1. The number of carboxylic acids is 1. The fourth-order valence-corrected chi connectivity index (χ4v) is 11.2. The predicted octanol–water partition coefficient (Wildman–Crippen LogP) is 8.03. The number of primary amides is 1. The highest BCUT2D eigenvalue weighted by Crippen LogP contribution is 2.34. The van der Waals surface area contributed by atoms with Gasteiger partial charge in [0.1, 0.15) is 29.4 Å². The first-order valence-electron chi connectivity index (χ1n) is 30.5. The quantitative estimate of drug-likeness (QED) is 0.0199. The van der Waals surface area contributed by atoms with Gasteiger partial charge in [0.05, 0.1) is 17.0 Å². The Kier molecular flexibility index (Phi) is 28.6. The number of amides is 8. The van der Waals surface area contributed by atoms with Crippen LogP contribution in [-0.2, 0) is 51.3 Å². The number of carbonyl (C=O) groups is 9. The summed E-state index contributed by atoms with van der Waals surface area (Å²) in [5, 5.41) is 28.9. The van der Waals surface area contributed by atoms with Crippen LogP contribution in [0.4, 0.5) is 21.0 Å². The minimum Gasteiger partial charge on any atom is -0.481 e. The second-order valence-electron chi connectivity index (χ2n) is 24.6. The summed E-state index contributed by atoms with van der Waals surface area (Å²) in [7, 11) is 1.93. The minimum atomic E-state index is -1.25. The number of likely N-dealkylation sites (N-methyl/N-ethyl adjacent to an activating group) is 1. The lowest BCUT2D eigenvalue weighted by molar-refractivity contribution is -0.150. The third-order valence-corrected chi connectivity index (χ3v) is 17.3. The Bertz CT molecular complexity index is 2780. The van der Waals surface area contributed by atoms with Gasteiger partial charge in [-0.3, -0.25) is 43.8 Å². The van der Waals surface area contributed by atoms with E-state index in [0.29, 0.717) is 47.8 Å². The van der Waals surface area contributed by atoms with Gasteiger partial charge in [0, 0.05) is 55.3 Å². The Hall–Kier alpha value is -7.18. The van der Waals surface area contributed by atoms with E-state index in [-0.39, 0.29) is 74.1 Å². The summed E-state index contributed by atoms with van der Waals surface area (Å²) in [6, 6.07) is 8.88. The van der Waals surface area contributed by atoms with Gasteiger partial charge in [-0.15, -0.1) is 11.3 Å². The molecular weight excluding hydrogens is 1130 g/mol. The number of nitrogens with one attached hydrogen (secondary N) is 6. The molecule has 1 aromatic heterocycles. The van der Waals surface area contributed by atoms with E-state index in [1.807, 2.05) is 51.5 Å². The predicted molar refractivity (Wildman–Crippen MR) is 335 cm³/mol. The lowest BCUT2D eigenvalue weighted by Gasteiger charge is -2.40. The van der Waals surface area contributed by atoms with Crippen molar-refractivity contribution >= 4 is 76.3 Å². The standard InChI is InChI=1S/C63H97N11O12S/c1-13-15-16-17-32-74(57(79)52(40(7)14-2)72-58(80)63(11)29-19-31-73(63)12)49(38(3)4)34-50(86-41(8)75)56-71-48(37-87-56)54(77)68-46(35-62(9,10)59(81)82)33-42-21-25-45(26-22-42)69-61(84)85-36-43-23-27-44(28-24-43)67-53(76)47(20-18-30-66-60(65)83)70-55(78)51(64)39(5)6/h21-28,37-40,46-47,49-52H,13-20,29-36,64H2,1-12H3,(H,67,76)(H,68,77)(H,69,84)(H,70,78)(H,72,80)(H,81,82)(H3,65,66,83)/t40-,46-,47-,49+,50+,51-,52-,63+/m0/s1. The Morgan fingerprint density at radius 1 is 0.851 bits per heavy atom. The highest BCUT2D eigenvalue weighted by molar-refractivity contribution is 7.09. The summed E-state index contributed by atoms with van der Waals surface area (Å²) in [4.78, 5) is 127. The molecule has 3 aromatic rings. The normalized spacial score (nSPS) is 16.7. The number of unbranched alkanes of at least 4 members (excludes halogenated alkanes) is 3. The number of thiazole rings is 1. The van der Waals surface area contributed by atoms with Crippen molar-refractivity contribution < 1.29 is 57.7 Å². The maximum Gasteiger partial charge on any atom is 0.411 e. The summed E-state index contributed by atoms with van der Waals surface area (Å²) in [5.41, 5.74) is 11.3. The number of urea groups is 1. The van der Waals surface area contributed by atoms with Crippen LogP contribution in [0.15, 0.2) is 53.9 Å². The molecule has 11 N–H and O–H groups in total. The molecule has 2 heterocycles. The monoisotopic (exact) mass is 1230 g/mol. The number of anilines is 2. The van der Waals surface area contributed by atoms with Crippen molar-refractivity contribution in [3.8, 4) is 0 Å². The number of ether oxygens (including phenoxy) is 2. The third kappa shape index (κ3) is 22.5. The molecule has 0 aliphatic carbocycles. The van der Waals surface area contributed by atoms with E-state index >= 15 is 4.79 Å². The molecule has 0 spiro atoms. The average molecular weight is 1230 g/mol. The molecule has 0 radical (unpaired) electrons. The van der Waals surface area contributed by atoms with Crippen molar-refractivity contribution in [3.63, 3.8) is 0 Å². The first-order chi connectivity index (χ1) is 41.0. The van der Waals surface area contributed by atoms with E-state index in [1.54, 1.807) is 81.6 Å². The van der Waals surface area contributed by atoms with Crippen LogP contribution in [0, 0.1) is 23.2 Å². The summed E-state index contributed by atoms with van der Waals surface area (Å²) >= 11 is 1.14. The molecule has 8 amide bonds. The number of nitrogens with zero attached hydrogens (tertiary/aromatic N) is 3. The van der Waals surface area contributed by atoms with Crippen LogP contribution >= 0.6 is 11.3 Å². The fourth-order valence-electron chi connectivity index (χ4n) is 10.3. The molecule has 24 heteroatoms. The maximum absolute atomic E-state index is 15.1. The lowest BCUT2D eigenvalue weighted by atomic mass is 9.84. The second-order valence-corrected chi connectivity index (χ2v) is 25.4. The van der Waals surface area contributed by atoms with E-state index in [2.05, 4.69) is 38.8 Å². The lowest BCUT2D eigenvalue weighted by Crippen LogP contribution is -2.60. The van der Waals surface area contributed by atoms with Crippen LogP contribution in [0.3, 0.4) is 0 Å². The maximum atomic E-state index is 15.1. The molecule has 4 rings (SSSR count). The molecular formula is C63H97N11O12S. The van der Waals surface area contributed by atoms with Crippen molar-refractivity contribution in [1.82, 2.24) is 36.1 Å². The zero-order valence-electron chi connectivity index (χ0n) is 53.0. The van der Waals surface area contributed by atoms with Gasteiger partial charge in [-0.05, 0) is 132 Å². The number of aromatic nitrogens is 1. The number of carboxylic acid groups (broad SMARTS) is 1. The number of hydrogen-bond acceptors (Lipinski definition) is 15. The molecule has 0 unspecified atom stereocenters. The van der Waals surface area contributed by atoms with Gasteiger partial charge in [-0.25, -0.2) is 14.6 Å². The van der Waals surface area contributed by atoms with Crippen molar-refractivity contribution in [1.29, 1.82) is 0 Å². The molecule has 8 atom stereocenters. The van der Waals surface area contributed by atoms with E-state index in [9.17, 15) is 43.5 Å². The first kappa shape index (κ1) is 72.3. The van der Waals surface area contributed by atoms with Crippen LogP contribution in [0.5, 0.6) is 0 Å². The SMILES string of the molecule is CCCCCCN(C(=O)[C@@H](NC(=O)[C@@]1(C)CCCN1C)[C@@H](C)CC)[C@H](C[C@@H](OC(C)=O)c1nc(C(=O)N[C@@H](Cc2ccc(NC(=O)OCc3ccc(NC(=O)[C@H](CCCNC(N)=O)NC(=O)[C@@H](N)C(C)C)cc3)cc2)CC(C)(C)C(=O)O)cs1)C(C)C. The zero-order valence-corrected chi connectivity index (χ0v) is 53.9. The Morgan fingerprint density at radius 2 is 1.49 bits per heavy atom. The number of likely N-dealkylation sites (tertiary alicyclic amines) is 1. The van der Waals surface area contributed by atoms with Gasteiger partial charge in [0.15, 0.2) is 6.10 Å². The van der Waals surface area contributed by atoms with Crippen LogP contribution in [-0.4, -0.2) is 136 Å². The third-order valence-electron chi connectivity index (χ3n) is 16.3. The number of rotatable bonds is 35. The summed E-state index contributed by atoms with van der Waals surface area (Å²) in [6.07, 6.45) is 5.10. The topological polar surface area (TPSA) is 336 Å². The van der Waals surface area contributed by atoms with Crippen LogP contribution < -0.4 is 43.4 Å². The minimum absolute atomic E-state index is 0.0347. The Morgan fingerprint density at radius 3 is 2.06 bits per heavy atom. The second kappa shape index (κ2) is 34.4. The summed E-state index contributed by atoms with van der Waals surface area (Å²) in [6.45, 7) is 21.4. The number of hydrogen-bond donors (Lipinski definition) is 9. The number of carbonyl (C=O) groups excluding carboxylic acids is 8. The Balaban J connectivity index is 1.46. The van der Waals surface area contributed by atoms with E-state index in [1.165, 1.54) is 6.92 Å². The smallest absolute Gasteiger partial charge is 0.411 e. The summed E-state index contributed by atoms with van der Waals surface area (Å²) < 4.78 is 11.4. The van der Waals surface area contributed by atoms with Gasteiger partial charge in [0.25, 0.3) is 5.91 Å². The largest absolute Gasteiger partial charge is 0.481 e. The van der Waals surface area contributed by atoms with Crippen molar-refractivity contribution in [2.45, 2.75) is 202 Å². The molecule has 23 nitrogen and oxygen atoms in total. The van der Waals surface area contributed by atoms with E-state index in [0.717, 1.165) is 55.5 Å². The molecule has 0 saturated carbocycles. The number of nitrogens with two attached hydrogens (primary N) is 2. The van der Waals surface area contributed by atoms with Gasteiger partial charge in [-0.1, -0.05) is 98.4 Å². The molecule has 2 aromatic carbocycles. The fraction of sp³-hybridized carbons (Fsp3) is 0.619. The van der Waals surface area contributed by atoms with Crippen LogP contribution in [0.25, 0.3) is 0 Å². The highest BCUT2D eigenvalue weighted by Gasteiger charge is 2.44. The molecule has 87 heavy (non-hydrogen) atoms. The van der Waals surface area contributed by atoms with Crippen LogP contribution in [0.1, 0.15) is 180 Å². The number of benzene rings is 2. The Labute approximate surface area is 517 Å². The van der Waals surface area contributed by atoms with Crippen LogP contribution in [0.2, 0.25) is 0 Å². The van der Waals surface area contributed by atoms with Crippen molar-refractivity contribution in [3.05, 3.63) is 75.7 Å². The van der Waals surface area contributed by atoms with Crippen molar-refractivity contribution in [2.75, 3.05) is 37.3 Å². The highest BCUT2D eigenvalue weighted by atomic mass is 32.1.